The van der Waals surface area contributed by atoms with Gasteiger partial charge in [-0.3, -0.25) is 4.79 Å². The fourth-order valence-electron chi connectivity index (χ4n) is 3.24. The Balaban J connectivity index is 1.78. The summed E-state index contributed by atoms with van der Waals surface area (Å²) in [6.45, 7) is 0.558. The van der Waals surface area contributed by atoms with E-state index in [1.807, 2.05) is 52.9 Å². The number of aliphatic hydroxyl groups excluding tert-OH is 1. The smallest absolute Gasteiger partial charge is 0.256 e. The summed E-state index contributed by atoms with van der Waals surface area (Å²) in [7, 11) is 0. The normalized spacial score (nSPS) is 10.7. The number of aliphatic hydroxyl groups is 1. The van der Waals surface area contributed by atoms with E-state index in [9.17, 15) is 23.1 Å². The fourth-order valence-corrected chi connectivity index (χ4v) is 3.69. The Morgan fingerprint density at radius 3 is 2.42 bits per heavy atom. The molecule has 0 atom stereocenters. The molecule has 1 amide bonds. The summed E-state index contributed by atoms with van der Waals surface area (Å²) in [6.07, 6.45) is 0.554. The summed E-state index contributed by atoms with van der Waals surface area (Å²) in [6, 6.07) is 15.8. The van der Waals surface area contributed by atoms with Crippen LogP contribution >= 0.6 is 22.6 Å². The Kier molecular flexibility index (Phi) is 8.95. The van der Waals surface area contributed by atoms with Gasteiger partial charge in [0.2, 0.25) is 0 Å². The van der Waals surface area contributed by atoms with E-state index < -0.39 is 29.0 Å². The Hall–Kier alpha value is -2.79. The number of amides is 1. The summed E-state index contributed by atoms with van der Waals surface area (Å²) >= 11 is 1.93. The minimum Gasteiger partial charge on any atom is -0.395 e. The van der Waals surface area contributed by atoms with Gasteiger partial charge in [0.1, 0.15) is 5.82 Å². The third kappa shape index (κ3) is 6.61. The maximum absolute atomic E-state index is 14.7. The first-order chi connectivity index (χ1) is 15.9. The lowest BCUT2D eigenvalue weighted by molar-refractivity contribution is 0.0722. The zero-order chi connectivity index (χ0) is 23.8. The van der Waals surface area contributed by atoms with Crippen LogP contribution in [0.3, 0.4) is 0 Å². The zero-order valence-electron chi connectivity index (χ0n) is 17.6. The number of nitrogens with one attached hydrogen (secondary N) is 2. The molecule has 33 heavy (non-hydrogen) atoms. The molecule has 0 aliphatic carbocycles. The number of rotatable bonds is 10. The quantitative estimate of drug-likeness (QED) is 0.227. The molecule has 0 radical (unpaired) electrons. The van der Waals surface area contributed by atoms with Gasteiger partial charge in [-0.15, -0.1) is 0 Å². The molecule has 0 spiro atoms. The van der Waals surface area contributed by atoms with Crippen LogP contribution in [0.1, 0.15) is 16.8 Å². The molecule has 174 valence electrons. The Morgan fingerprint density at radius 2 is 1.73 bits per heavy atom. The molecule has 3 aromatic rings. The number of anilines is 3. The van der Waals surface area contributed by atoms with Gasteiger partial charge in [0.15, 0.2) is 11.6 Å². The van der Waals surface area contributed by atoms with Gasteiger partial charge >= 0.3 is 0 Å². The van der Waals surface area contributed by atoms with Crippen molar-refractivity contribution >= 4 is 45.6 Å². The summed E-state index contributed by atoms with van der Waals surface area (Å²) in [5, 5.41) is 15.2. The number of para-hydroxylation sites is 1. The second kappa shape index (κ2) is 11.9. The van der Waals surface area contributed by atoms with Crippen molar-refractivity contribution in [2.75, 3.05) is 36.9 Å². The van der Waals surface area contributed by atoms with Gasteiger partial charge in [-0.2, -0.15) is 0 Å². The van der Waals surface area contributed by atoms with Crippen LogP contribution in [0.5, 0.6) is 0 Å². The van der Waals surface area contributed by atoms with E-state index in [0.717, 1.165) is 17.8 Å². The second-order valence-electron chi connectivity index (χ2n) is 7.20. The van der Waals surface area contributed by atoms with Crippen LogP contribution in [0.25, 0.3) is 0 Å². The van der Waals surface area contributed by atoms with Crippen LogP contribution in [0.4, 0.5) is 30.2 Å². The number of benzene rings is 3. The molecule has 0 bridgehead atoms. The number of hydrogen-bond acceptors (Lipinski definition) is 4. The van der Waals surface area contributed by atoms with Gasteiger partial charge in [0, 0.05) is 28.9 Å². The Bertz CT molecular complexity index is 1100. The predicted octanol–water partition coefficient (Wildman–Crippen LogP) is 5.39. The lowest BCUT2D eigenvalue weighted by Gasteiger charge is -2.24. The van der Waals surface area contributed by atoms with Crippen molar-refractivity contribution in [1.82, 2.24) is 4.90 Å². The van der Waals surface area contributed by atoms with Gasteiger partial charge in [0.05, 0.1) is 23.5 Å². The van der Waals surface area contributed by atoms with Crippen LogP contribution in [0, 0.1) is 21.0 Å². The van der Waals surface area contributed by atoms with Gasteiger partial charge in [-0.25, -0.2) is 13.2 Å². The lowest BCUT2D eigenvalue weighted by atomic mass is 10.1. The SMILES string of the molecule is O=C(c1ccc(F)c(F)c1Nc1ccc(I)cc1F)N(CCO)CCCNc1ccccc1. The molecule has 0 unspecified atom stereocenters. The van der Waals surface area contributed by atoms with E-state index in [1.54, 1.807) is 6.07 Å². The largest absolute Gasteiger partial charge is 0.395 e. The zero-order valence-corrected chi connectivity index (χ0v) is 19.8. The van der Waals surface area contributed by atoms with E-state index in [2.05, 4.69) is 10.6 Å². The van der Waals surface area contributed by atoms with Gasteiger partial charge in [0.25, 0.3) is 5.91 Å². The van der Waals surface area contributed by atoms with Gasteiger partial charge < -0.3 is 20.6 Å². The Labute approximate surface area is 203 Å². The highest BCUT2D eigenvalue weighted by Gasteiger charge is 2.24. The minimum atomic E-state index is -1.28. The molecule has 0 saturated heterocycles. The summed E-state index contributed by atoms with van der Waals surface area (Å²) in [5.41, 5.74) is 0.237. The maximum Gasteiger partial charge on any atom is 0.256 e. The van der Waals surface area contributed by atoms with Crippen molar-refractivity contribution in [2.45, 2.75) is 6.42 Å². The van der Waals surface area contributed by atoms with Gasteiger partial charge in [-0.1, -0.05) is 18.2 Å². The molecule has 3 N–H and O–H groups in total. The van der Waals surface area contributed by atoms with E-state index >= 15 is 0 Å². The first-order valence-electron chi connectivity index (χ1n) is 10.3. The number of carbonyl (C=O) groups is 1. The minimum absolute atomic E-state index is 0.0144. The predicted molar refractivity (Wildman–Crippen MR) is 131 cm³/mol. The van der Waals surface area contributed by atoms with Crippen molar-refractivity contribution in [3.63, 3.8) is 0 Å². The molecule has 5 nitrogen and oxygen atoms in total. The highest BCUT2D eigenvalue weighted by atomic mass is 127. The molecule has 0 heterocycles. The average Bonchev–Trinajstić information content (AvgIpc) is 2.81. The highest BCUT2D eigenvalue weighted by molar-refractivity contribution is 14.1. The monoisotopic (exact) mass is 569 g/mol. The molecular formula is C24H23F3IN3O2. The van der Waals surface area contributed by atoms with E-state index in [0.29, 0.717) is 16.5 Å². The van der Waals surface area contributed by atoms with Crippen molar-refractivity contribution in [3.05, 3.63) is 87.2 Å². The molecule has 0 aliphatic rings. The third-order valence-corrected chi connectivity index (χ3v) is 5.55. The van der Waals surface area contributed by atoms with Crippen molar-refractivity contribution in [3.8, 4) is 0 Å². The number of halogens is 4. The van der Waals surface area contributed by atoms with Crippen LogP contribution in [-0.2, 0) is 0 Å². The standard InChI is InChI=1S/C24H23F3IN3O2/c25-19-9-8-18(23(22(19)27)30-21-10-7-16(28)15-20(21)26)24(33)31(13-14-32)12-4-11-29-17-5-2-1-3-6-17/h1-3,5-10,15,29-30,32H,4,11-14H2. The molecule has 3 aromatic carbocycles. The Morgan fingerprint density at radius 1 is 0.970 bits per heavy atom. The summed E-state index contributed by atoms with van der Waals surface area (Å²) in [4.78, 5) is 14.5. The average molecular weight is 569 g/mol. The molecule has 0 saturated carbocycles. The van der Waals surface area contributed by atoms with Crippen LogP contribution in [-0.4, -0.2) is 42.2 Å². The first-order valence-corrected chi connectivity index (χ1v) is 11.4. The second-order valence-corrected chi connectivity index (χ2v) is 8.44. The topological polar surface area (TPSA) is 64.6 Å². The molecule has 0 aliphatic heterocycles. The summed E-state index contributed by atoms with van der Waals surface area (Å²) < 4.78 is 43.6. The molecule has 0 fully saturated rings. The highest BCUT2D eigenvalue weighted by Crippen LogP contribution is 2.29. The third-order valence-electron chi connectivity index (χ3n) is 4.88. The molecule has 9 heteroatoms. The maximum atomic E-state index is 14.7. The summed E-state index contributed by atoms with van der Waals surface area (Å²) in [5.74, 6) is -3.71. The number of carbonyl (C=O) groups excluding carboxylic acids is 1. The van der Waals surface area contributed by atoms with E-state index in [-0.39, 0.29) is 30.9 Å². The number of nitrogens with zero attached hydrogens (tertiary/aromatic N) is 1. The van der Waals surface area contributed by atoms with Crippen LogP contribution in [0.2, 0.25) is 0 Å². The molecule has 0 aromatic heterocycles. The van der Waals surface area contributed by atoms with Gasteiger partial charge in [-0.05, 0) is 71.5 Å². The lowest BCUT2D eigenvalue weighted by Crippen LogP contribution is -2.35. The number of hydrogen-bond donors (Lipinski definition) is 3. The van der Waals surface area contributed by atoms with Crippen LogP contribution < -0.4 is 10.6 Å². The van der Waals surface area contributed by atoms with Crippen molar-refractivity contribution < 1.29 is 23.1 Å². The van der Waals surface area contributed by atoms with Crippen LogP contribution in [0.15, 0.2) is 60.7 Å². The first kappa shape index (κ1) is 24.8. The molecule has 3 rings (SSSR count). The van der Waals surface area contributed by atoms with Crippen molar-refractivity contribution in [2.24, 2.45) is 0 Å². The van der Waals surface area contributed by atoms with E-state index in [4.69, 9.17) is 0 Å². The molecular weight excluding hydrogens is 546 g/mol. The van der Waals surface area contributed by atoms with Crippen molar-refractivity contribution in [1.29, 1.82) is 0 Å². The fraction of sp³-hybridized carbons (Fsp3) is 0.208. The van der Waals surface area contributed by atoms with E-state index in [1.165, 1.54) is 17.0 Å².